The Bertz CT molecular complexity index is 614. The predicted octanol–water partition coefficient (Wildman–Crippen LogP) is 1.43. The summed E-state index contributed by atoms with van der Waals surface area (Å²) in [6, 6.07) is 10.0. The third-order valence-electron chi connectivity index (χ3n) is 5.10. The fourth-order valence-corrected chi connectivity index (χ4v) is 3.60. The summed E-state index contributed by atoms with van der Waals surface area (Å²) in [4.78, 5) is 28.3. The zero-order chi connectivity index (χ0) is 15.9. The van der Waals surface area contributed by atoms with E-state index >= 15 is 0 Å². The molecular formula is C18H22N2O3. The molecule has 2 aliphatic heterocycles. The molecule has 0 radical (unpaired) electrons. The van der Waals surface area contributed by atoms with Crippen LogP contribution < -0.4 is 0 Å². The van der Waals surface area contributed by atoms with Crippen LogP contribution in [0.5, 0.6) is 0 Å². The highest BCUT2D eigenvalue weighted by molar-refractivity contribution is 5.82. The van der Waals surface area contributed by atoms with Crippen molar-refractivity contribution in [3.05, 3.63) is 35.9 Å². The van der Waals surface area contributed by atoms with Crippen LogP contribution in [0.4, 0.5) is 0 Å². The Morgan fingerprint density at radius 1 is 1.22 bits per heavy atom. The number of benzene rings is 1. The van der Waals surface area contributed by atoms with E-state index < -0.39 is 0 Å². The van der Waals surface area contributed by atoms with Crippen LogP contribution >= 0.6 is 0 Å². The molecular weight excluding hydrogens is 292 g/mol. The molecule has 0 bridgehead atoms. The van der Waals surface area contributed by atoms with Crippen LogP contribution in [0.2, 0.25) is 0 Å². The first-order valence-corrected chi connectivity index (χ1v) is 8.40. The number of hydrogen-bond donors (Lipinski definition) is 0. The largest absolute Gasteiger partial charge is 0.361 e. The molecule has 23 heavy (non-hydrogen) atoms. The first-order chi connectivity index (χ1) is 11.2. The smallest absolute Gasteiger partial charge is 0.249 e. The number of rotatable bonds is 3. The molecule has 1 aromatic carbocycles. The molecule has 2 saturated heterocycles. The number of carbonyl (C=O) groups is 2. The maximum absolute atomic E-state index is 12.3. The summed E-state index contributed by atoms with van der Waals surface area (Å²) in [6.07, 6.45) is 2.88. The quantitative estimate of drug-likeness (QED) is 0.848. The zero-order valence-corrected chi connectivity index (χ0v) is 13.2. The van der Waals surface area contributed by atoms with Gasteiger partial charge in [-0.15, -0.1) is 0 Å². The molecule has 2 amide bonds. The highest BCUT2D eigenvalue weighted by Gasteiger charge is 2.48. The standard InChI is InChI=1S/C18H22N2O3/c21-16-11-23-18(8-9-19(12-18)17(22)15-6-7-15)13-20(16)10-14-4-2-1-3-5-14/h1-5,15H,6-13H2. The van der Waals surface area contributed by atoms with E-state index in [1.807, 2.05) is 40.1 Å². The second-order valence-electron chi connectivity index (χ2n) is 6.99. The topological polar surface area (TPSA) is 49.9 Å². The van der Waals surface area contributed by atoms with Gasteiger partial charge in [-0.25, -0.2) is 0 Å². The van der Waals surface area contributed by atoms with Gasteiger partial charge in [0.2, 0.25) is 11.8 Å². The molecule has 4 rings (SSSR count). The van der Waals surface area contributed by atoms with Crippen molar-refractivity contribution in [1.82, 2.24) is 9.80 Å². The van der Waals surface area contributed by atoms with E-state index in [9.17, 15) is 9.59 Å². The van der Waals surface area contributed by atoms with Crippen LogP contribution in [0.15, 0.2) is 30.3 Å². The molecule has 1 atom stereocenters. The van der Waals surface area contributed by atoms with Crippen LogP contribution in [0.25, 0.3) is 0 Å². The van der Waals surface area contributed by atoms with E-state index in [2.05, 4.69) is 0 Å². The lowest BCUT2D eigenvalue weighted by Crippen LogP contribution is -2.55. The Labute approximate surface area is 136 Å². The lowest BCUT2D eigenvalue weighted by atomic mass is 10.00. The fraction of sp³-hybridized carbons (Fsp3) is 0.556. The number of likely N-dealkylation sites (tertiary alicyclic amines) is 1. The highest BCUT2D eigenvalue weighted by atomic mass is 16.5. The van der Waals surface area contributed by atoms with Gasteiger partial charge >= 0.3 is 0 Å². The SMILES string of the molecule is O=C1COC2(CCN(C(=O)C3CC3)C2)CN1Cc1ccccc1. The summed E-state index contributed by atoms with van der Waals surface area (Å²) >= 11 is 0. The lowest BCUT2D eigenvalue weighted by Gasteiger charge is -2.40. The van der Waals surface area contributed by atoms with Gasteiger partial charge < -0.3 is 14.5 Å². The van der Waals surface area contributed by atoms with Crippen LogP contribution in [0.3, 0.4) is 0 Å². The monoisotopic (exact) mass is 314 g/mol. The van der Waals surface area contributed by atoms with Crippen LogP contribution in [-0.4, -0.2) is 53.5 Å². The minimum absolute atomic E-state index is 0.0337. The van der Waals surface area contributed by atoms with E-state index in [-0.39, 0.29) is 29.9 Å². The molecule has 1 aliphatic carbocycles. The van der Waals surface area contributed by atoms with Crippen LogP contribution in [-0.2, 0) is 20.9 Å². The van der Waals surface area contributed by atoms with Crippen molar-refractivity contribution in [1.29, 1.82) is 0 Å². The molecule has 1 spiro atoms. The molecule has 1 saturated carbocycles. The Morgan fingerprint density at radius 2 is 2.00 bits per heavy atom. The van der Waals surface area contributed by atoms with Gasteiger partial charge in [-0.3, -0.25) is 9.59 Å². The Balaban J connectivity index is 1.44. The van der Waals surface area contributed by atoms with Gasteiger partial charge in [-0.1, -0.05) is 30.3 Å². The van der Waals surface area contributed by atoms with Gasteiger partial charge in [0.1, 0.15) is 12.2 Å². The van der Waals surface area contributed by atoms with Gasteiger partial charge in [0.15, 0.2) is 0 Å². The van der Waals surface area contributed by atoms with Gasteiger partial charge in [-0.2, -0.15) is 0 Å². The minimum Gasteiger partial charge on any atom is -0.361 e. The summed E-state index contributed by atoms with van der Waals surface area (Å²) in [6.45, 7) is 2.69. The van der Waals surface area contributed by atoms with Crippen molar-refractivity contribution >= 4 is 11.8 Å². The molecule has 122 valence electrons. The fourth-order valence-electron chi connectivity index (χ4n) is 3.60. The molecule has 1 unspecified atom stereocenters. The molecule has 1 aromatic rings. The number of nitrogens with zero attached hydrogens (tertiary/aromatic N) is 2. The molecule has 5 heteroatoms. The van der Waals surface area contributed by atoms with Crippen molar-refractivity contribution < 1.29 is 14.3 Å². The molecule has 5 nitrogen and oxygen atoms in total. The summed E-state index contributed by atoms with van der Waals surface area (Å²) < 4.78 is 5.90. The maximum Gasteiger partial charge on any atom is 0.249 e. The number of morpholine rings is 1. The minimum atomic E-state index is -0.368. The van der Waals surface area contributed by atoms with Crippen LogP contribution in [0, 0.1) is 5.92 Å². The molecule has 3 aliphatic rings. The van der Waals surface area contributed by atoms with E-state index in [0.717, 1.165) is 31.4 Å². The molecule has 0 N–H and O–H groups in total. The summed E-state index contributed by atoms with van der Waals surface area (Å²) in [5.74, 6) is 0.555. The summed E-state index contributed by atoms with van der Waals surface area (Å²) in [7, 11) is 0. The maximum atomic E-state index is 12.3. The number of amides is 2. The van der Waals surface area contributed by atoms with E-state index in [1.54, 1.807) is 0 Å². The average Bonchev–Trinajstić information content (AvgIpc) is 3.34. The van der Waals surface area contributed by atoms with Crippen molar-refractivity contribution in [3.63, 3.8) is 0 Å². The molecule has 3 fully saturated rings. The Kier molecular flexibility index (Phi) is 3.60. The molecule has 2 heterocycles. The van der Waals surface area contributed by atoms with Crippen molar-refractivity contribution in [2.75, 3.05) is 26.2 Å². The third-order valence-corrected chi connectivity index (χ3v) is 5.10. The second kappa shape index (κ2) is 5.64. The predicted molar refractivity (Wildman–Crippen MR) is 84.5 cm³/mol. The second-order valence-corrected chi connectivity index (χ2v) is 6.99. The van der Waals surface area contributed by atoms with Crippen molar-refractivity contribution in [2.24, 2.45) is 5.92 Å². The van der Waals surface area contributed by atoms with Gasteiger partial charge in [0, 0.05) is 19.0 Å². The summed E-state index contributed by atoms with van der Waals surface area (Å²) in [5.41, 5.74) is 0.759. The van der Waals surface area contributed by atoms with Gasteiger partial charge in [0.05, 0.1) is 13.1 Å². The number of carbonyl (C=O) groups excluding carboxylic acids is 2. The van der Waals surface area contributed by atoms with Crippen molar-refractivity contribution in [2.45, 2.75) is 31.4 Å². The first kappa shape index (κ1) is 14.7. The van der Waals surface area contributed by atoms with Crippen LogP contribution in [0.1, 0.15) is 24.8 Å². The van der Waals surface area contributed by atoms with Gasteiger partial charge in [-0.05, 0) is 24.8 Å². The third kappa shape index (κ3) is 2.98. The number of ether oxygens (including phenoxy) is 1. The Hall–Kier alpha value is -1.88. The average molecular weight is 314 g/mol. The summed E-state index contributed by atoms with van der Waals surface area (Å²) in [5, 5.41) is 0. The highest BCUT2D eigenvalue weighted by Crippen LogP contribution is 2.36. The lowest BCUT2D eigenvalue weighted by molar-refractivity contribution is -0.163. The number of hydrogen-bond acceptors (Lipinski definition) is 3. The Morgan fingerprint density at radius 3 is 2.74 bits per heavy atom. The van der Waals surface area contributed by atoms with E-state index in [0.29, 0.717) is 19.6 Å². The van der Waals surface area contributed by atoms with Gasteiger partial charge in [0.25, 0.3) is 0 Å². The zero-order valence-electron chi connectivity index (χ0n) is 13.2. The van der Waals surface area contributed by atoms with Crippen molar-refractivity contribution in [3.8, 4) is 0 Å². The first-order valence-electron chi connectivity index (χ1n) is 8.40. The normalized spacial score (nSPS) is 27.7. The molecule has 0 aromatic heterocycles. The van der Waals surface area contributed by atoms with E-state index in [1.165, 1.54) is 0 Å². The van der Waals surface area contributed by atoms with E-state index in [4.69, 9.17) is 4.74 Å².